The number of amides is 1. The van der Waals surface area contributed by atoms with E-state index in [0.717, 1.165) is 17.7 Å². The molecule has 0 bridgehead atoms. The van der Waals surface area contributed by atoms with Crippen LogP contribution in [0.3, 0.4) is 0 Å². The van der Waals surface area contributed by atoms with E-state index in [1.54, 1.807) is 23.1 Å². The summed E-state index contributed by atoms with van der Waals surface area (Å²) in [6.45, 7) is 3.49. The molecule has 0 spiro atoms. The Bertz CT molecular complexity index is 717. The number of hydrogen-bond acceptors (Lipinski definition) is 3. The van der Waals surface area contributed by atoms with Crippen LogP contribution in [0.15, 0.2) is 24.3 Å². The Balaban J connectivity index is 1.74. The van der Waals surface area contributed by atoms with Crippen LogP contribution in [0.1, 0.15) is 34.8 Å². The molecule has 1 aromatic heterocycles. The van der Waals surface area contributed by atoms with E-state index in [1.807, 2.05) is 13.0 Å². The van der Waals surface area contributed by atoms with Gasteiger partial charge in [0.1, 0.15) is 11.8 Å². The van der Waals surface area contributed by atoms with Crippen molar-refractivity contribution in [3.63, 3.8) is 0 Å². The van der Waals surface area contributed by atoms with Gasteiger partial charge < -0.3 is 9.64 Å². The first-order chi connectivity index (χ1) is 11.1. The standard InChI is InChI=1S/C16H17Cl2N3O2/c1-2-11-8-14(20-19-11)16(22)21-5-6-23-15(9-21)10-3-4-12(17)13(18)7-10/h3-4,7-8,15H,2,5-6,9H2,1H3,(H,19,20)/t15-/m0/s1. The van der Waals surface area contributed by atoms with E-state index in [-0.39, 0.29) is 12.0 Å². The molecule has 7 heteroatoms. The zero-order valence-corrected chi connectivity index (χ0v) is 14.2. The van der Waals surface area contributed by atoms with Crippen LogP contribution in [-0.4, -0.2) is 40.7 Å². The quantitative estimate of drug-likeness (QED) is 0.918. The molecule has 1 saturated heterocycles. The van der Waals surface area contributed by atoms with E-state index in [0.29, 0.717) is 35.4 Å². The molecule has 1 amide bonds. The third-order valence-electron chi connectivity index (χ3n) is 3.90. The number of benzene rings is 1. The highest BCUT2D eigenvalue weighted by Crippen LogP contribution is 2.29. The molecule has 2 heterocycles. The number of halogens is 2. The van der Waals surface area contributed by atoms with Gasteiger partial charge in [0, 0.05) is 12.2 Å². The van der Waals surface area contributed by atoms with Gasteiger partial charge in [0.05, 0.1) is 23.2 Å². The van der Waals surface area contributed by atoms with Gasteiger partial charge in [-0.1, -0.05) is 36.2 Å². The minimum absolute atomic E-state index is 0.0886. The lowest BCUT2D eigenvalue weighted by Gasteiger charge is -2.32. The van der Waals surface area contributed by atoms with Gasteiger partial charge in [-0.15, -0.1) is 0 Å². The summed E-state index contributed by atoms with van der Waals surface area (Å²) in [6, 6.07) is 7.19. The molecular weight excluding hydrogens is 337 g/mol. The number of carbonyl (C=O) groups is 1. The molecule has 2 aromatic rings. The predicted molar refractivity (Wildman–Crippen MR) is 89.0 cm³/mol. The van der Waals surface area contributed by atoms with Gasteiger partial charge in [-0.25, -0.2) is 0 Å². The van der Waals surface area contributed by atoms with Crippen molar-refractivity contribution in [1.82, 2.24) is 15.1 Å². The molecular formula is C16H17Cl2N3O2. The van der Waals surface area contributed by atoms with Crippen LogP contribution in [0.25, 0.3) is 0 Å². The number of aryl methyl sites for hydroxylation is 1. The topological polar surface area (TPSA) is 58.2 Å². The maximum absolute atomic E-state index is 12.6. The summed E-state index contributed by atoms with van der Waals surface area (Å²) >= 11 is 12.0. The number of H-pyrrole nitrogens is 1. The van der Waals surface area contributed by atoms with Gasteiger partial charge in [0.25, 0.3) is 5.91 Å². The highest BCUT2D eigenvalue weighted by Gasteiger charge is 2.27. The zero-order chi connectivity index (χ0) is 16.4. The molecule has 5 nitrogen and oxygen atoms in total. The number of aromatic nitrogens is 2. The second kappa shape index (κ2) is 6.91. The zero-order valence-electron chi connectivity index (χ0n) is 12.7. The summed E-state index contributed by atoms with van der Waals surface area (Å²) in [6.07, 6.45) is 0.599. The molecule has 1 aliphatic rings. The van der Waals surface area contributed by atoms with Gasteiger partial charge in [0.15, 0.2) is 0 Å². The first kappa shape index (κ1) is 16.3. The Kier molecular flexibility index (Phi) is 4.90. The lowest BCUT2D eigenvalue weighted by atomic mass is 10.1. The molecule has 0 aliphatic carbocycles. The molecule has 1 N–H and O–H groups in total. The molecule has 0 saturated carbocycles. The number of aromatic amines is 1. The molecule has 3 rings (SSSR count). The van der Waals surface area contributed by atoms with Crippen LogP contribution in [0.2, 0.25) is 10.0 Å². The third-order valence-corrected chi connectivity index (χ3v) is 4.64. The average molecular weight is 354 g/mol. The lowest BCUT2D eigenvalue weighted by Crippen LogP contribution is -2.42. The first-order valence-electron chi connectivity index (χ1n) is 7.48. The maximum atomic E-state index is 12.6. The van der Waals surface area contributed by atoms with Crippen LogP contribution in [-0.2, 0) is 11.2 Å². The summed E-state index contributed by atoms with van der Waals surface area (Å²) < 4.78 is 5.78. The predicted octanol–water partition coefficient (Wildman–Crippen LogP) is 3.49. The van der Waals surface area contributed by atoms with E-state index in [4.69, 9.17) is 27.9 Å². The Labute approximate surface area is 144 Å². The third kappa shape index (κ3) is 3.52. The molecule has 1 fully saturated rings. The number of nitrogens with one attached hydrogen (secondary N) is 1. The summed E-state index contributed by atoms with van der Waals surface area (Å²) in [7, 11) is 0. The van der Waals surface area contributed by atoms with Crippen molar-refractivity contribution in [2.45, 2.75) is 19.4 Å². The Hall–Kier alpha value is -1.56. The SMILES string of the molecule is CCc1cc(C(=O)N2CCO[C@H](c3ccc(Cl)c(Cl)c3)C2)n[nH]1. The van der Waals surface area contributed by atoms with Gasteiger partial charge in [-0.2, -0.15) is 5.10 Å². The van der Waals surface area contributed by atoms with Crippen LogP contribution in [0, 0.1) is 0 Å². The highest BCUT2D eigenvalue weighted by molar-refractivity contribution is 6.42. The number of nitrogens with zero attached hydrogens (tertiary/aromatic N) is 2. The maximum Gasteiger partial charge on any atom is 0.274 e. The number of ether oxygens (including phenoxy) is 1. The Morgan fingerprint density at radius 2 is 2.22 bits per heavy atom. The van der Waals surface area contributed by atoms with E-state index in [2.05, 4.69) is 10.2 Å². The molecule has 0 unspecified atom stereocenters. The van der Waals surface area contributed by atoms with Crippen LogP contribution < -0.4 is 0 Å². The second-order valence-corrected chi connectivity index (χ2v) is 6.23. The number of rotatable bonds is 3. The number of hydrogen-bond donors (Lipinski definition) is 1. The fraction of sp³-hybridized carbons (Fsp3) is 0.375. The van der Waals surface area contributed by atoms with Crippen LogP contribution >= 0.6 is 23.2 Å². The lowest BCUT2D eigenvalue weighted by molar-refractivity contribution is -0.0230. The fourth-order valence-electron chi connectivity index (χ4n) is 2.56. The smallest absolute Gasteiger partial charge is 0.274 e. The van der Waals surface area contributed by atoms with Crippen molar-refractivity contribution in [3.05, 3.63) is 51.3 Å². The van der Waals surface area contributed by atoms with Crippen molar-refractivity contribution >= 4 is 29.1 Å². The summed E-state index contributed by atoms with van der Waals surface area (Å²) in [5.74, 6) is -0.0886. The average Bonchev–Trinajstić information content (AvgIpc) is 3.06. The fourth-order valence-corrected chi connectivity index (χ4v) is 2.87. The molecule has 1 aliphatic heterocycles. The Morgan fingerprint density at radius 3 is 2.91 bits per heavy atom. The van der Waals surface area contributed by atoms with Gasteiger partial charge >= 0.3 is 0 Å². The molecule has 0 radical (unpaired) electrons. The van der Waals surface area contributed by atoms with Crippen LogP contribution in [0.5, 0.6) is 0 Å². The second-order valence-electron chi connectivity index (χ2n) is 5.42. The van der Waals surface area contributed by atoms with Crippen LogP contribution in [0.4, 0.5) is 0 Å². The normalized spacial score (nSPS) is 18.2. The Morgan fingerprint density at radius 1 is 1.39 bits per heavy atom. The molecule has 1 aromatic carbocycles. The summed E-state index contributed by atoms with van der Waals surface area (Å²) in [4.78, 5) is 14.3. The largest absolute Gasteiger partial charge is 0.370 e. The van der Waals surface area contributed by atoms with E-state index in [1.165, 1.54) is 0 Å². The van der Waals surface area contributed by atoms with Crippen molar-refractivity contribution in [3.8, 4) is 0 Å². The monoisotopic (exact) mass is 353 g/mol. The van der Waals surface area contributed by atoms with Gasteiger partial charge in [-0.3, -0.25) is 9.89 Å². The molecule has 23 heavy (non-hydrogen) atoms. The van der Waals surface area contributed by atoms with E-state index < -0.39 is 0 Å². The molecule has 1 atom stereocenters. The van der Waals surface area contributed by atoms with Crippen molar-refractivity contribution < 1.29 is 9.53 Å². The first-order valence-corrected chi connectivity index (χ1v) is 8.24. The van der Waals surface area contributed by atoms with Crippen molar-refractivity contribution in [1.29, 1.82) is 0 Å². The summed E-state index contributed by atoms with van der Waals surface area (Å²) in [5.41, 5.74) is 2.30. The van der Waals surface area contributed by atoms with Gasteiger partial charge in [-0.05, 0) is 30.2 Å². The van der Waals surface area contributed by atoms with E-state index in [9.17, 15) is 4.79 Å². The minimum atomic E-state index is -0.216. The molecule has 122 valence electrons. The van der Waals surface area contributed by atoms with Gasteiger partial charge in [0.2, 0.25) is 0 Å². The van der Waals surface area contributed by atoms with Crippen molar-refractivity contribution in [2.24, 2.45) is 0 Å². The highest BCUT2D eigenvalue weighted by atomic mass is 35.5. The minimum Gasteiger partial charge on any atom is -0.370 e. The van der Waals surface area contributed by atoms with E-state index >= 15 is 0 Å². The van der Waals surface area contributed by atoms with Crippen molar-refractivity contribution in [2.75, 3.05) is 19.7 Å². The summed E-state index contributed by atoms with van der Waals surface area (Å²) in [5, 5.41) is 7.95. The number of carbonyl (C=O) groups excluding carboxylic acids is 1. The number of morpholine rings is 1.